The van der Waals surface area contributed by atoms with E-state index < -0.39 is 0 Å². The van der Waals surface area contributed by atoms with Gasteiger partial charge in [0, 0.05) is 0 Å². The fourth-order valence-electron chi connectivity index (χ4n) is 3.73. The van der Waals surface area contributed by atoms with Gasteiger partial charge in [-0.25, -0.2) is 5.90 Å². The van der Waals surface area contributed by atoms with Gasteiger partial charge in [-0.1, -0.05) is 86.1 Å². The lowest BCUT2D eigenvalue weighted by Gasteiger charge is -2.14. The van der Waals surface area contributed by atoms with Gasteiger partial charge in [-0.05, 0) is 57.6 Å². The number of benzene rings is 4. The Bertz CT molecular complexity index is 1110. The second-order valence-corrected chi connectivity index (χ2v) is 7.53. The van der Waals surface area contributed by atoms with Crippen molar-refractivity contribution in [2.75, 3.05) is 0 Å². The lowest BCUT2D eigenvalue weighted by atomic mass is 10.00. The monoisotopic (exact) mass is 397 g/mol. The van der Waals surface area contributed by atoms with Crippen molar-refractivity contribution in [3.05, 3.63) is 102 Å². The van der Waals surface area contributed by atoms with Crippen LogP contribution in [0.5, 0.6) is 5.75 Å². The molecule has 0 aliphatic rings. The molecule has 0 fully saturated rings. The molecule has 30 heavy (non-hydrogen) atoms. The average Bonchev–Trinajstić information content (AvgIpc) is 2.81. The summed E-state index contributed by atoms with van der Waals surface area (Å²) in [6.07, 6.45) is 1.88. The Labute approximate surface area is 178 Å². The van der Waals surface area contributed by atoms with Crippen LogP contribution in [0.2, 0.25) is 0 Å². The normalized spacial score (nSPS) is 12.1. The van der Waals surface area contributed by atoms with Crippen molar-refractivity contribution < 1.29 is 9.57 Å². The van der Waals surface area contributed by atoms with E-state index in [0.717, 1.165) is 40.8 Å². The first-order chi connectivity index (χ1) is 14.8. The van der Waals surface area contributed by atoms with E-state index in [-0.39, 0.29) is 6.10 Å². The van der Waals surface area contributed by atoms with Gasteiger partial charge in [-0.15, -0.1) is 0 Å². The van der Waals surface area contributed by atoms with Crippen LogP contribution in [0.15, 0.2) is 91.0 Å². The molecular weight excluding hydrogens is 370 g/mol. The molecule has 3 heteroatoms. The summed E-state index contributed by atoms with van der Waals surface area (Å²) in [5.41, 5.74) is 4.53. The summed E-state index contributed by atoms with van der Waals surface area (Å²) < 4.78 is 6.08. The molecule has 2 N–H and O–H groups in total. The summed E-state index contributed by atoms with van der Waals surface area (Å²) in [5.74, 6) is 6.32. The Kier molecular flexibility index (Phi) is 6.43. The Morgan fingerprint density at radius 3 is 2.33 bits per heavy atom. The average molecular weight is 398 g/mol. The van der Waals surface area contributed by atoms with E-state index in [1.165, 1.54) is 10.8 Å². The summed E-state index contributed by atoms with van der Waals surface area (Å²) in [7, 11) is 0. The maximum absolute atomic E-state index is 6.08. The van der Waals surface area contributed by atoms with Crippen LogP contribution >= 0.6 is 0 Å². The molecule has 0 radical (unpaired) electrons. The van der Waals surface area contributed by atoms with E-state index in [1.807, 2.05) is 12.1 Å². The Balaban J connectivity index is 1.46. The first kappa shape index (κ1) is 20.1. The van der Waals surface area contributed by atoms with Crippen LogP contribution in [-0.2, 0) is 11.4 Å². The lowest BCUT2D eigenvalue weighted by Crippen LogP contribution is -2.08. The lowest BCUT2D eigenvalue weighted by molar-refractivity contribution is 0.0460. The van der Waals surface area contributed by atoms with Crippen LogP contribution in [0.3, 0.4) is 0 Å². The Morgan fingerprint density at radius 2 is 1.57 bits per heavy atom. The van der Waals surface area contributed by atoms with Crippen LogP contribution < -0.4 is 10.6 Å². The molecule has 0 aliphatic heterocycles. The molecule has 0 aromatic heterocycles. The molecule has 1 atom stereocenters. The van der Waals surface area contributed by atoms with E-state index in [2.05, 4.69) is 85.8 Å². The highest BCUT2D eigenvalue weighted by atomic mass is 16.6. The molecule has 4 aromatic rings. The van der Waals surface area contributed by atoms with Crippen molar-refractivity contribution >= 4 is 10.8 Å². The van der Waals surface area contributed by atoms with Gasteiger partial charge in [0.05, 0.1) is 0 Å². The van der Waals surface area contributed by atoms with E-state index in [9.17, 15) is 0 Å². The third-order valence-electron chi connectivity index (χ3n) is 5.38. The van der Waals surface area contributed by atoms with Gasteiger partial charge in [0.1, 0.15) is 18.5 Å². The molecule has 3 nitrogen and oxygen atoms in total. The molecule has 0 aliphatic carbocycles. The standard InChI is InChI=1S/C27H27NO2/c1-2-6-27(30-28)23-15-13-22(14-16-23)25-9-5-10-26(18-25)29-19-20-11-12-21-7-3-4-8-24(21)17-20/h3-5,7-18,27H,2,6,19,28H2,1H3. The largest absolute Gasteiger partial charge is 0.489 e. The highest BCUT2D eigenvalue weighted by Crippen LogP contribution is 2.28. The third-order valence-corrected chi connectivity index (χ3v) is 5.38. The number of hydrogen-bond acceptors (Lipinski definition) is 3. The van der Waals surface area contributed by atoms with Crippen molar-refractivity contribution in [1.82, 2.24) is 0 Å². The van der Waals surface area contributed by atoms with E-state index >= 15 is 0 Å². The second-order valence-electron chi connectivity index (χ2n) is 7.53. The van der Waals surface area contributed by atoms with Gasteiger partial charge < -0.3 is 4.74 Å². The topological polar surface area (TPSA) is 44.5 Å². The molecule has 0 saturated carbocycles. The molecule has 0 saturated heterocycles. The zero-order valence-electron chi connectivity index (χ0n) is 17.3. The van der Waals surface area contributed by atoms with Crippen molar-refractivity contribution in [3.63, 3.8) is 0 Å². The van der Waals surface area contributed by atoms with E-state index in [1.54, 1.807) is 0 Å². The van der Waals surface area contributed by atoms with E-state index in [4.69, 9.17) is 15.5 Å². The number of nitrogens with two attached hydrogens (primary N) is 1. The summed E-state index contributed by atoms with van der Waals surface area (Å²) >= 11 is 0. The molecule has 1 unspecified atom stereocenters. The predicted octanol–water partition coefficient (Wildman–Crippen LogP) is 6.82. The molecule has 152 valence electrons. The number of rotatable bonds is 8. The minimum atomic E-state index is -0.0549. The maximum atomic E-state index is 6.08. The molecule has 0 amide bonds. The number of fused-ring (bicyclic) bond motifs is 1. The van der Waals surface area contributed by atoms with Crippen LogP contribution in [0.1, 0.15) is 37.0 Å². The fourth-order valence-corrected chi connectivity index (χ4v) is 3.73. The van der Waals surface area contributed by atoms with Crippen LogP contribution in [-0.4, -0.2) is 0 Å². The summed E-state index contributed by atoms with van der Waals surface area (Å²) in [6, 6.07) is 31.4. The van der Waals surface area contributed by atoms with E-state index in [0.29, 0.717) is 6.61 Å². The SMILES string of the molecule is CCCC(ON)c1ccc(-c2cccc(OCc3ccc4ccccc4c3)c2)cc1. The highest BCUT2D eigenvalue weighted by molar-refractivity contribution is 5.82. The summed E-state index contributed by atoms with van der Waals surface area (Å²) in [4.78, 5) is 5.12. The minimum Gasteiger partial charge on any atom is -0.489 e. The fraction of sp³-hybridized carbons (Fsp3) is 0.185. The van der Waals surface area contributed by atoms with Gasteiger partial charge in [-0.2, -0.15) is 0 Å². The van der Waals surface area contributed by atoms with Crippen LogP contribution in [0.25, 0.3) is 21.9 Å². The van der Waals surface area contributed by atoms with Gasteiger partial charge in [0.15, 0.2) is 0 Å². The van der Waals surface area contributed by atoms with Gasteiger partial charge >= 0.3 is 0 Å². The number of ether oxygens (including phenoxy) is 1. The van der Waals surface area contributed by atoms with Crippen molar-refractivity contribution in [3.8, 4) is 16.9 Å². The number of hydrogen-bond donors (Lipinski definition) is 1. The zero-order valence-corrected chi connectivity index (χ0v) is 17.3. The van der Waals surface area contributed by atoms with Gasteiger partial charge in [0.2, 0.25) is 0 Å². The van der Waals surface area contributed by atoms with Crippen LogP contribution in [0.4, 0.5) is 0 Å². The Morgan fingerprint density at radius 1 is 0.767 bits per heavy atom. The summed E-state index contributed by atoms with van der Waals surface area (Å²) in [5, 5.41) is 2.48. The molecule has 0 bridgehead atoms. The first-order valence-electron chi connectivity index (χ1n) is 10.4. The summed E-state index contributed by atoms with van der Waals surface area (Å²) in [6.45, 7) is 2.67. The maximum Gasteiger partial charge on any atom is 0.120 e. The zero-order chi connectivity index (χ0) is 20.8. The molecular formula is C27H27NO2. The van der Waals surface area contributed by atoms with Gasteiger partial charge in [-0.3, -0.25) is 4.84 Å². The quantitative estimate of drug-likeness (QED) is 0.332. The van der Waals surface area contributed by atoms with Gasteiger partial charge in [0.25, 0.3) is 0 Å². The molecule has 0 spiro atoms. The van der Waals surface area contributed by atoms with Crippen molar-refractivity contribution in [1.29, 1.82) is 0 Å². The molecule has 4 rings (SSSR count). The van der Waals surface area contributed by atoms with Crippen molar-refractivity contribution in [2.45, 2.75) is 32.5 Å². The smallest absolute Gasteiger partial charge is 0.120 e. The molecule has 0 heterocycles. The van der Waals surface area contributed by atoms with Crippen LogP contribution in [0, 0.1) is 0 Å². The Hall–Kier alpha value is -3.14. The third kappa shape index (κ3) is 4.70. The second kappa shape index (κ2) is 9.57. The first-order valence-corrected chi connectivity index (χ1v) is 10.4. The minimum absolute atomic E-state index is 0.0549. The van der Waals surface area contributed by atoms with Crippen molar-refractivity contribution in [2.24, 2.45) is 5.90 Å². The highest BCUT2D eigenvalue weighted by Gasteiger charge is 2.10. The molecule has 4 aromatic carbocycles. The predicted molar refractivity (Wildman–Crippen MR) is 123 cm³/mol.